The summed E-state index contributed by atoms with van der Waals surface area (Å²) in [6.07, 6.45) is -14.0. The molecule has 20 atom stereocenters. The molecule has 3 saturated heterocycles. The van der Waals surface area contributed by atoms with E-state index in [1.807, 2.05) is 13.8 Å². The number of hydrogen-bond donors (Lipinski definition) is 18. The molecule has 20 N–H and O–H groups in total. The van der Waals surface area contributed by atoms with E-state index < -0.39 is 199 Å². The number of benzene rings is 3. The molecule has 12 rings (SSSR count). The van der Waals surface area contributed by atoms with Crippen LogP contribution in [0.2, 0.25) is 10.0 Å². The number of aliphatic hydroxyl groups is 8. The number of allylic oxidation sites excluding steroid dienone is 3. The van der Waals surface area contributed by atoms with Crippen LogP contribution in [0.15, 0.2) is 95.0 Å². The van der Waals surface area contributed by atoms with Gasteiger partial charge in [-0.05, 0) is 116 Å². The van der Waals surface area contributed by atoms with Crippen LogP contribution in [-0.4, -0.2) is 214 Å². The predicted octanol–water partition coefficient (Wildman–Crippen LogP) is 0.659. The van der Waals surface area contributed by atoms with E-state index in [9.17, 15) is 60.6 Å². The highest BCUT2D eigenvalue weighted by molar-refractivity contribution is 6.32. The average molecular weight is 1480 g/mol. The van der Waals surface area contributed by atoms with Crippen molar-refractivity contribution in [2.75, 3.05) is 34.5 Å². The van der Waals surface area contributed by atoms with Gasteiger partial charge in [0.2, 0.25) is 47.5 Å². The number of methoxy groups -OCH3 is 2. The number of carbonyl (C=O) groups is 6. The van der Waals surface area contributed by atoms with Gasteiger partial charge in [0.25, 0.3) is 0 Å². The number of likely N-dealkylation sites (N-methyl/N-ethyl adjacent to an activating group) is 1. The van der Waals surface area contributed by atoms with Crippen molar-refractivity contribution in [1.29, 1.82) is 5.41 Å². The number of rotatable bonds is 16. The van der Waals surface area contributed by atoms with E-state index in [1.165, 1.54) is 82.0 Å². The summed E-state index contributed by atoms with van der Waals surface area (Å²) in [7, 11) is 4.32. The Balaban J connectivity index is 1.22. The minimum atomic E-state index is -2.03. The number of nitrogens with one attached hydrogen (secondary N) is 8. The second kappa shape index (κ2) is 32.5. The van der Waals surface area contributed by atoms with Crippen LogP contribution in [0.5, 0.6) is 28.7 Å². The molecule has 6 amide bonds. The minimum absolute atomic E-state index is 0.0641. The number of amidine groups is 1. The van der Waals surface area contributed by atoms with Crippen LogP contribution in [0.25, 0.3) is 0 Å². The summed E-state index contributed by atoms with van der Waals surface area (Å²) in [5.74, 6) is -10.7. The SMILES string of the molecule is CCC1(N)C[C@H](OC2[C@@H](Oc3c4cc5cc3Oc3ccc(cc3Cl)[C@@H](O)[C@@H](NC(=O)[C@@H](CC(C)C)NC)C(=O)N[C@@H](CC(N)=O)C(=O)N[C@H]5C(=N)N[C@H]3C(=O)N[C@H](C(=O)N[C@H](CO)C5=CC(OC)CC(OC)=C5C5CC3=CC=C5O)[C@H](O)c3ccc(c(Cl)c3)O4)OC(CO)C(O)[C@@H]2O)OC(C)[C@H]1O. The minimum Gasteiger partial charge on any atom is -0.512 e. The molecule has 3 fully saturated rings. The van der Waals surface area contributed by atoms with Crippen molar-refractivity contribution in [3.63, 3.8) is 0 Å². The van der Waals surface area contributed by atoms with Gasteiger partial charge in [0.05, 0.1) is 67.2 Å². The molecule has 32 nitrogen and oxygen atoms in total. The lowest BCUT2D eigenvalue weighted by atomic mass is 9.75. The maximum atomic E-state index is 15.6. The third kappa shape index (κ3) is 16.6. The van der Waals surface area contributed by atoms with Crippen molar-refractivity contribution in [2.45, 2.75) is 182 Å². The Bertz CT molecular complexity index is 3880. The maximum absolute atomic E-state index is 15.6. The first-order valence-corrected chi connectivity index (χ1v) is 34.3. The Labute approximate surface area is 601 Å². The number of halogens is 2. The van der Waals surface area contributed by atoms with Crippen LogP contribution >= 0.6 is 23.2 Å². The van der Waals surface area contributed by atoms with Gasteiger partial charge in [-0.3, -0.25) is 34.2 Å². The Morgan fingerprint density at radius 1 is 0.786 bits per heavy atom. The molecule has 3 aromatic rings. The van der Waals surface area contributed by atoms with Crippen molar-refractivity contribution in [3.8, 4) is 28.7 Å². The third-order valence-corrected chi connectivity index (χ3v) is 20.1. The molecule has 0 spiro atoms. The topological polar surface area (TPSA) is 498 Å². The lowest BCUT2D eigenvalue weighted by Gasteiger charge is -2.47. The molecule has 2 aliphatic carbocycles. The molecule has 0 radical (unpaired) electrons. The zero-order chi connectivity index (χ0) is 74.8. The summed E-state index contributed by atoms with van der Waals surface area (Å²) in [6, 6.07) is -2.29. The molecule has 103 heavy (non-hydrogen) atoms. The molecule has 0 aromatic heterocycles. The molecular weight excluding hydrogens is 1390 g/mol. The Hall–Kier alpha value is -8.03. The molecule has 7 unspecified atom stereocenters. The highest BCUT2D eigenvalue weighted by atomic mass is 35.5. The van der Waals surface area contributed by atoms with E-state index in [2.05, 4.69) is 37.2 Å². The van der Waals surface area contributed by atoms with Crippen molar-refractivity contribution in [1.82, 2.24) is 37.2 Å². The first-order valence-electron chi connectivity index (χ1n) is 33.5. The number of ether oxygens (including phenoxy) is 8. The fourth-order valence-corrected chi connectivity index (χ4v) is 14.2. The summed E-state index contributed by atoms with van der Waals surface area (Å²) in [4.78, 5) is 88.5. The lowest BCUT2D eigenvalue weighted by Crippen LogP contribution is -2.65. The van der Waals surface area contributed by atoms with Gasteiger partial charge in [-0.15, -0.1) is 0 Å². The van der Waals surface area contributed by atoms with Gasteiger partial charge in [-0.25, -0.2) is 0 Å². The van der Waals surface area contributed by atoms with Crippen molar-refractivity contribution in [2.24, 2.45) is 23.3 Å². The van der Waals surface area contributed by atoms with E-state index in [1.54, 1.807) is 19.9 Å². The highest BCUT2D eigenvalue weighted by Crippen LogP contribution is 2.50. The van der Waals surface area contributed by atoms with E-state index in [0.717, 1.165) is 0 Å². The molecule has 11 bridgehead atoms. The molecule has 34 heteroatoms. The largest absolute Gasteiger partial charge is 0.512 e. The molecule has 560 valence electrons. The summed E-state index contributed by atoms with van der Waals surface area (Å²) in [5.41, 5.74) is 11.3. The van der Waals surface area contributed by atoms with E-state index in [-0.39, 0.29) is 104 Å². The molecule has 7 heterocycles. The van der Waals surface area contributed by atoms with E-state index in [0.29, 0.717) is 0 Å². The first-order chi connectivity index (χ1) is 48.9. The van der Waals surface area contributed by atoms with Crippen molar-refractivity contribution >= 4 is 64.5 Å². The quantitative estimate of drug-likeness (QED) is 0.0936. The van der Waals surface area contributed by atoms with Gasteiger partial charge in [-0.1, -0.05) is 62.2 Å². The molecule has 0 saturated carbocycles. The number of hydrogen-bond acceptors (Lipinski definition) is 25. The van der Waals surface area contributed by atoms with E-state index >= 15 is 14.4 Å². The Kier molecular flexibility index (Phi) is 24.5. The number of primary amides is 1. The predicted molar refractivity (Wildman–Crippen MR) is 366 cm³/mol. The van der Waals surface area contributed by atoms with Crippen molar-refractivity contribution < 1.29 is 108 Å². The van der Waals surface area contributed by atoms with Gasteiger partial charge in [0.15, 0.2) is 23.9 Å². The van der Waals surface area contributed by atoms with Gasteiger partial charge >= 0.3 is 0 Å². The Morgan fingerprint density at radius 3 is 2.02 bits per heavy atom. The monoisotopic (exact) mass is 1480 g/mol. The zero-order valence-electron chi connectivity index (χ0n) is 57.3. The normalized spacial score (nSPS) is 32.3. The third-order valence-electron chi connectivity index (χ3n) is 19.5. The lowest BCUT2D eigenvalue weighted by molar-refractivity contribution is -0.334. The van der Waals surface area contributed by atoms with Crippen LogP contribution in [0.4, 0.5) is 0 Å². The highest BCUT2D eigenvalue weighted by Gasteiger charge is 2.52. The van der Waals surface area contributed by atoms with Crippen LogP contribution in [0.3, 0.4) is 0 Å². The number of amides is 6. The van der Waals surface area contributed by atoms with Gasteiger partial charge < -0.3 is 127 Å². The summed E-state index contributed by atoms with van der Waals surface area (Å²) < 4.78 is 50.7. The molecule has 3 aromatic carbocycles. The number of fused-ring (bicyclic) bond motifs is 15. The smallest absolute Gasteiger partial charge is 0.247 e. The summed E-state index contributed by atoms with van der Waals surface area (Å²) in [5, 5.41) is 122. The van der Waals surface area contributed by atoms with Gasteiger partial charge in [0, 0.05) is 37.0 Å². The fraction of sp³-hybridized carbons (Fsp3) is 0.522. The molecule has 7 aliphatic heterocycles. The Morgan fingerprint density at radius 2 is 1.44 bits per heavy atom. The second-order valence-corrected chi connectivity index (χ2v) is 27.6. The van der Waals surface area contributed by atoms with Crippen LogP contribution in [-0.2, 0) is 52.5 Å². The van der Waals surface area contributed by atoms with Crippen LogP contribution < -0.4 is 62.9 Å². The molecule has 9 aliphatic rings. The number of nitrogens with two attached hydrogens (primary N) is 2. The fourth-order valence-electron chi connectivity index (χ4n) is 13.7. The standard InChI is InChI=1S/C69H88Cl2N10O22/c1-8-69(74)24-49(98-28(4)61(69)90)102-60-58(89)57(88)47(26-83)101-68(60)103-59-45-19-32-20-46(59)100-43-14-11-31(18-37(43)71)56(87)54-67(95)77-40(25-82)34-21-33(96-6)22-44(97-7)50(34)35-16-29(9-12-41(35)84)52(65(93)81-54)78-62(73)51(32)79-64(92)39(23-48(72)85)76-66(94)53(80-63(91)38(75-5)15-27(2)3)55(86)30-10-13-42(99-45)36(70)17-30/h9-14,17-21,27-28,33,35,38-40,47,49,51-58,60-61,68,75,82-84,86-90H,8,15-16,22-26,74H2,1-7H3,(H2,72,85)(H2,73,78)(H,76,94)(H,77,95)(H,79,92)(H,80,91)(H,81,93)/t28?,33?,35?,38-,39+,40-,47?,49+,51-,52-,53-,54+,55-,56-,57?,58+,60?,61-,68-,69?/m1/s1. The van der Waals surface area contributed by atoms with Gasteiger partial charge in [0.1, 0.15) is 89.6 Å². The van der Waals surface area contributed by atoms with Crippen LogP contribution in [0.1, 0.15) is 101 Å². The average Bonchev–Trinajstić information content (AvgIpc) is 0.769. The van der Waals surface area contributed by atoms with E-state index in [4.69, 9.17) is 72.6 Å². The first kappa shape index (κ1) is 77.6. The van der Waals surface area contributed by atoms with Crippen LogP contribution in [0, 0.1) is 17.2 Å². The number of aliphatic hydroxyl groups excluding tert-OH is 8. The maximum Gasteiger partial charge on any atom is 0.247 e. The summed E-state index contributed by atoms with van der Waals surface area (Å²) in [6.45, 7) is 5.28. The summed E-state index contributed by atoms with van der Waals surface area (Å²) >= 11 is 14.3. The number of carbonyl (C=O) groups excluding carboxylic acids is 6. The van der Waals surface area contributed by atoms with Gasteiger partial charge in [-0.2, -0.15) is 0 Å². The van der Waals surface area contributed by atoms with Crippen molar-refractivity contribution in [3.05, 3.63) is 122 Å². The zero-order valence-corrected chi connectivity index (χ0v) is 58.8. The second-order valence-electron chi connectivity index (χ2n) is 26.8. The molecular formula is C69H88Cl2N10O22.